The summed E-state index contributed by atoms with van der Waals surface area (Å²) in [6, 6.07) is 6.94. The van der Waals surface area contributed by atoms with Crippen molar-refractivity contribution in [3.8, 4) is 0 Å². The van der Waals surface area contributed by atoms with Crippen molar-refractivity contribution in [3.63, 3.8) is 0 Å². The molecular formula is C15H24N2O. The van der Waals surface area contributed by atoms with Gasteiger partial charge in [0, 0.05) is 19.6 Å². The van der Waals surface area contributed by atoms with Gasteiger partial charge in [-0.3, -0.25) is 4.90 Å². The highest BCUT2D eigenvalue weighted by Crippen LogP contribution is 2.23. The highest BCUT2D eigenvalue weighted by molar-refractivity contribution is 5.35. The minimum Gasteiger partial charge on any atom is -0.379 e. The molecular weight excluding hydrogens is 224 g/mol. The molecule has 100 valence electrons. The predicted molar refractivity (Wildman–Crippen MR) is 74.7 cm³/mol. The fourth-order valence-corrected chi connectivity index (χ4v) is 2.52. The molecule has 0 radical (unpaired) electrons. The molecule has 0 aliphatic heterocycles. The Morgan fingerprint density at radius 3 is 2.89 bits per heavy atom. The van der Waals surface area contributed by atoms with Crippen molar-refractivity contribution in [2.45, 2.75) is 25.8 Å². The van der Waals surface area contributed by atoms with E-state index in [4.69, 9.17) is 10.5 Å². The number of ether oxygens (including phenoxy) is 1. The lowest BCUT2D eigenvalue weighted by atomic mass is 10.1. The molecule has 0 saturated carbocycles. The van der Waals surface area contributed by atoms with Gasteiger partial charge in [0.25, 0.3) is 0 Å². The number of aryl methyl sites for hydroxylation is 2. The molecule has 2 N–H and O–H groups in total. The molecule has 0 spiro atoms. The van der Waals surface area contributed by atoms with Crippen molar-refractivity contribution in [2.75, 3.05) is 33.4 Å². The molecule has 0 unspecified atom stereocenters. The average molecular weight is 248 g/mol. The predicted octanol–water partition coefficient (Wildman–Crippen LogP) is 1.58. The van der Waals surface area contributed by atoms with E-state index in [0.29, 0.717) is 13.2 Å². The Labute approximate surface area is 110 Å². The number of hydrogen-bond donors (Lipinski definition) is 1. The Kier molecular flexibility index (Phi) is 5.17. The van der Waals surface area contributed by atoms with Gasteiger partial charge in [-0.1, -0.05) is 18.2 Å². The van der Waals surface area contributed by atoms with Gasteiger partial charge in [0.1, 0.15) is 0 Å². The summed E-state index contributed by atoms with van der Waals surface area (Å²) in [7, 11) is 2.14. The van der Waals surface area contributed by atoms with Gasteiger partial charge < -0.3 is 10.5 Å². The zero-order valence-corrected chi connectivity index (χ0v) is 11.3. The summed E-state index contributed by atoms with van der Waals surface area (Å²) in [6.45, 7) is 3.98. The van der Waals surface area contributed by atoms with E-state index >= 15 is 0 Å². The summed E-state index contributed by atoms with van der Waals surface area (Å²) < 4.78 is 5.40. The van der Waals surface area contributed by atoms with Crippen LogP contribution in [0, 0.1) is 0 Å². The van der Waals surface area contributed by atoms with Crippen LogP contribution in [-0.2, 0) is 24.1 Å². The Morgan fingerprint density at radius 2 is 2.06 bits per heavy atom. The molecule has 0 atom stereocenters. The number of rotatable bonds is 7. The first-order valence-corrected chi connectivity index (χ1v) is 6.86. The van der Waals surface area contributed by atoms with Crippen molar-refractivity contribution in [2.24, 2.45) is 5.73 Å². The fraction of sp³-hybridized carbons (Fsp3) is 0.600. The third-order valence-electron chi connectivity index (χ3n) is 3.49. The highest BCUT2D eigenvalue weighted by Gasteiger charge is 2.11. The Balaban J connectivity index is 1.78. The van der Waals surface area contributed by atoms with Crippen molar-refractivity contribution >= 4 is 0 Å². The summed E-state index contributed by atoms with van der Waals surface area (Å²) in [4.78, 5) is 2.30. The van der Waals surface area contributed by atoms with E-state index in [-0.39, 0.29) is 0 Å². The van der Waals surface area contributed by atoms with Crippen LogP contribution in [-0.4, -0.2) is 38.3 Å². The van der Waals surface area contributed by atoms with Crippen molar-refractivity contribution in [1.29, 1.82) is 0 Å². The molecule has 0 aromatic heterocycles. The summed E-state index contributed by atoms with van der Waals surface area (Å²) in [5.74, 6) is 0. The number of nitrogens with two attached hydrogens (primary N) is 1. The maximum atomic E-state index is 5.40. The molecule has 1 aromatic carbocycles. The number of fused-ring (bicyclic) bond motifs is 1. The molecule has 1 aliphatic rings. The Bertz CT molecular complexity index is 379. The Morgan fingerprint density at radius 1 is 1.22 bits per heavy atom. The third-order valence-corrected chi connectivity index (χ3v) is 3.49. The molecule has 0 heterocycles. The van der Waals surface area contributed by atoms with Crippen LogP contribution >= 0.6 is 0 Å². The van der Waals surface area contributed by atoms with Gasteiger partial charge in [0.2, 0.25) is 0 Å². The first-order chi connectivity index (χ1) is 8.79. The van der Waals surface area contributed by atoms with Crippen LogP contribution in [0.3, 0.4) is 0 Å². The molecule has 0 bridgehead atoms. The lowest BCUT2D eigenvalue weighted by molar-refractivity contribution is 0.115. The van der Waals surface area contributed by atoms with Crippen LogP contribution in [0.15, 0.2) is 18.2 Å². The third kappa shape index (κ3) is 3.80. The van der Waals surface area contributed by atoms with Crippen LogP contribution in [0.5, 0.6) is 0 Å². The van der Waals surface area contributed by atoms with Gasteiger partial charge in [-0.2, -0.15) is 0 Å². The zero-order chi connectivity index (χ0) is 12.8. The molecule has 2 rings (SSSR count). The lowest BCUT2D eigenvalue weighted by Gasteiger charge is -2.17. The molecule has 3 heteroatoms. The maximum absolute atomic E-state index is 5.40. The number of benzene rings is 1. The number of nitrogens with zero attached hydrogens (tertiary/aromatic N) is 1. The second-order valence-electron chi connectivity index (χ2n) is 5.10. The molecule has 1 aliphatic carbocycles. The average Bonchev–Trinajstić information content (AvgIpc) is 2.82. The Hall–Kier alpha value is -0.900. The van der Waals surface area contributed by atoms with Gasteiger partial charge >= 0.3 is 0 Å². The van der Waals surface area contributed by atoms with Gasteiger partial charge in [0.15, 0.2) is 0 Å². The van der Waals surface area contributed by atoms with Crippen LogP contribution in [0.25, 0.3) is 0 Å². The SMILES string of the molecule is CN(CCOCCN)Cc1ccc2c(c1)CCC2. The molecule has 0 amide bonds. The first-order valence-electron chi connectivity index (χ1n) is 6.86. The van der Waals surface area contributed by atoms with E-state index in [0.717, 1.165) is 19.7 Å². The van der Waals surface area contributed by atoms with E-state index in [1.165, 1.54) is 24.8 Å². The van der Waals surface area contributed by atoms with E-state index in [1.54, 1.807) is 11.1 Å². The van der Waals surface area contributed by atoms with Gasteiger partial charge in [-0.05, 0) is 43.0 Å². The van der Waals surface area contributed by atoms with E-state index in [2.05, 4.69) is 30.1 Å². The first kappa shape index (κ1) is 13.5. The van der Waals surface area contributed by atoms with Crippen LogP contribution in [0.2, 0.25) is 0 Å². The topological polar surface area (TPSA) is 38.5 Å². The van der Waals surface area contributed by atoms with Crippen molar-refractivity contribution in [3.05, 3.63) is 34.9 Å². The van der Waals surface area contributed by atoms with E-state index in [9.17, 15) is 0 Å². The van der Waals surface area contributed by atoms with E-state index in [1.807, 2.05) is 0 Å². The summed E-state index contributed by atoms with van der Waals surface area (Å²) >= 11 is 0. The summed E-state index contributed by atoms with van der Waals surface area (Å²) in [5, 5.41) is 0. The maximum Gasteiger partial charge on any atom is 0.0594 e. The van der Waals surface area contributed by atoms with Gasteiger partial charge in [-0.15, -0.1) is 0 Å². The fourth-order valence-electron chi connectivity index (χ4n) is 2.52. The quantitative estimate of drug-likeness (QED) is 0.745. The smallest absolute Gasteiger partial charge is 0.0594 e. The second kappa shape index (κ2) is 6.88. The molecule has 1 aromatic rings. The van der Waals surface area contributed by atoms with Crippen molar-refractivity contribution < 1.29 is 4.74 Å². The molecule has 0 saturated heterocycles. The minimum atomic E-state index is 0.606. The molecule has 3 nitrogen and oxygen atoms in total. The lowest BCUT2D eigenvalue weighted by Crippen LogP contribution is -2.24. The summed E-state index contributed by atoms with van der Waals surface area (Å²) in [5.41, 5.74) is 9.90. The second-order valence-corrected chi connectivity index (χ2v) is 5.10. The van der Waals surface area contributed by atoms with E-state index < -0.39 is 0 Å². The van der Waals surface area contributed by atoms with Crippen LogP contribution < -0.4 is 5.73 Å². The summed E-state index contributed by atoms with van der Waals surface area (Å²) in [6.07, 6.45) is 3.84. The van der Waals surface area contributed by atoms with Crippen LogP contribution in [0.4, 0.5) is 0 Å². The monoisotopic (exact) mass is 248 g/mol. The standard InChI is InChI=1S/C15H24N2O/c1-17(8-10-18-9-7-16)12-13-5-6-14-3-2-4-15(14)11-13/h5-6,11H,2-4,7-10,12,16H2,1H3. The number of hydrogen-bond acceptors (Lipinski definition) is 3. The number of likely N-dealkylation sites (N-methyl/N-ethyl adjacent to an activating group) is 1. The molecule has 0 fully saturated rings. The zero-order valence-electron chi connectivity index (χ0n) is 11.3. The van der Waals surface area contributed by atoms with Crippen LogP contribution in [0.1, 0.15) is 23.1 Å². The minimum absolute atomic E-state index is 0.606. The normalized spacial score (nSPS) is 14.2. The highest BCUT2D eigenvalue weighted by atomic mass is 16.5. The van der Waals surface area contributed by atoms with Gasteiger partial charge in [0.05, 0.1) is 13.2 Å². The largest absolute Gasteiger partial charge is 0.379 e. The molecule has 18 heavy (non-hydrogen) atoms. The van der Waals surface area contributed by atoms with Crippen molar-refractivity contribution in [1.82, 2.24) is 4.90 Å². The van der Waals surface area contributed by atoms with Gasteiger partial charge in [-0.25, -0.2) is 0 Å².